The second-order valence-electron chi connectivity index (χ2n) is 6.11. The van der Waals surface area contributed by atoms with Gasteiger partial charge in [0.1, 0.15) is 16.7 Å². The maximum absolute atomic E-state index is 12.8. The lowest BCUT2D eigenvalue weighted by molar-refractivity contribution is -0.123. The summed E-state index contributed by atoms with van der Waals surface area (Å²) in [7, 11) is 0. The van der Waals surface area contributed by atoms with Crippen molar-refractivity contribution in [1.29, 1.82) is 0 Å². The quantitative estimate of drug-likeness (QED) is 0.447. The van der Waals surface area contributed by atoms with Crippen LogP contribution in [0.4, 0.5) is 4.39 Å². The van der Waals surface area contributed by atoms with Gasteiger partial charge >= 0.3 is 0 Å². The maximum atomic E-state index is 12.8. The van der Waals surface area contributed by atoms with Crippen molar-refractivity contribution < 1.29 is 13.9 Å². The molecular weight excluding hydrogens is 418 g/mol. The topological polar surface area (TPSA) is 68.5 Å². The van der Waals surface area contributed by atoms with Crippen LogP contribution >= 0.6 is 23.2 Å². The molecule has 0 radical (unpaired) electrons. The zero-order valence-electron chi connectivity index (χ0n) is 15.4. The van der Waals surface area contributed by atoms with E-state index in [4.69, 9.17) is 27.9 Å². The third-order valence-corrected chi connectivity index (χ3v) is 4.57. The molecule has 150 valence electrons. The van der Waals surface area contributed by atoms with Crippen molar-refractivity contribution in [3.63, 3.8) is 0 Å². The standard InChI is InChI=1S/C20H17Cl2FN4O2/c1-13-18(20(22)27(26-13)11-14-2-4-15(21)5-3-14)10-24-25-19(28)12-29-17-8-6-16(23)7-9-17/h2-10H,11-12H2,1H3,(H,25,28)/b24-10+. The number of carbonyl (C=O) groups is 1. The Morgan fingerprint density at radius 3 is 2.59 bits per heavy atom. The number of nitrogens with zero attached hydrogens (tertiary/aromatic N) is 3. The Hall–Kier alpha value is -2.90. The average molecular weight is 435 g/mol. The molecule has 29 heavy (non-hydrogen) atoms. The molecule has 0 spiro atoms. The fraction of sp³-hybridized carbons (Fsp3) is 0.150. The third-order valence-electron chi connectivity index (χ3n) is 3.92. The zero-order valence-corrected chi connectivity index (χ0v) is 16.9. The summed E-state index contributed by atoms with van der Waals surface area (Å²) in [4.78, 5) is 11.8. The van der Waals surface area contributed by atoms with Crippen LogP contribution in [0, 0.1) is 12.7 Å². The fourth-order valence-electron chi connectivity index (χ4n) is 2.46. The largest absolute Gasteiger partial charge is 0.484 e. The van der Waals surface area contributed by atoms with Crippen molar-refractivity contribution in [2.75, 3.05) is 6.61 Å². The number of halogens is 3. The number of benzene rings is 2. The molecule has 1 aromatic heterocycles. The minimum absolute atomic E-state index is 0.258. The van der Waals surface area contributed by atoms with Crippen LogP contribution in [0.2, 0.25) is 10.2 Å². The van der Waals surface area contributed by atoms with Crippen molar-refractivity contribution in [1.82, 2.24) is 15.2 Å². The summed E-state index contributed by atoms with van der Waals surface area (Å²) in [5.41, 5.74) is 4.62. The minimum atomic E-state index is -0.465. The summed E-state index contributed by atoms with van der Waals surface area (Å²) in [5, 5.41) is 9.36. The molecular formula is C20H17Cl2FN4O2. The van der Waals surface area contributed by atoms with Crippen molar-refractivity contribution in [3.05, 3.63) is 81.3 Å². The molecule has 9 heteroatoms. The number of carbonyl (C=O) groups excluding carboxylic acids is 1. The van der Waals surface area contributed by atoms with E-state index in [1.165, 1.54) is 30.5 Å². The van der Waals surface area contributed by atoms with E-state index in [9.17, 15) is 9.18 Å². The van der Waals surface area contributed by atoms with E-state index in [1.54, 1.807) is 23.7 Å². The first-order valence-electron chi connectivity index (χ1n) is 8.60. The van der Waals surface area contributed by atoms with Crippen molar-refractivity contribution in [3.8, 4) is 5.75 Å². The van der Waals surface area contributed by atoms with Gasteiger partial charge in [0, 0.05) is 5.02 Å². The van der Waals surface area contributed by atoms with Gasteiger partial charge in [0.25, 0.3) is 5.91 Å². The Morgan fingerprint density at radius 2 is 1.90 bits per heavy atom. The van der Waals surface area contributed by atoms with E-state index in [0.29, 0.717) is 33.7 Å². The highest BCUT2D eigenvalue weighted by Crippen LogP contribution is 2.20. The number of hydrazone groups is 1. The van der Waals surface area contributed by atoms with Crippen LogP contribution in [-0.4, -0.2) is 28.5 Å². The summed E-state index contributed by atoms with van der Waals surface area (Å²) in [6.07, 6.45) is 1.43. The Kier molecular flexibility index (Phi) is 6.85. The van der Waals surface area contributed by atoms with Gasteiger partial charge in [-0.1, -0.05) is 35.3 Å². The van der Waals surface area contributed by atoms with Gasteiger partial charge in [-0.25, -0.2) is 14.5 Å². The summed E-state index contributed by atoms with van der Waals surface area (Å²) in [6, 6.07) is 12.7. The highest BCUT2D eigenvalue weighted by Gasteiger charge is 2.12. The van der Waals surface area contributed by atoms with E-state index in [2.05, 4.69) is 15.6 Å². The van der Waals surface area contributed by atoms with Crippen LogP contribution in [-0.2, 0) is 11.3 Å². The van der Waals surface area contributed by atoms with E-state index in [1.807, 2.05) is 12.1 Å². The first-order valence-corrected chi connectivity index (χ1v) is 9.35. The molecule has 3 aromatic rings. The van der Waals surface area contributed by atoms with E-state index >= 15 is 0 Å². The summed E-state index contributed by atoms with van der Waals surface area (Å²) < 4.78 is 19.7. The third kappa shape index (κ3) is 5.79. The van der Waals surface area contributed by atoms with Gasteiger partial charge in [-0.2, -0.15) is 10.2 Å². The van der Waals surface area contributed by atoms with E-state index in [-0.39, 0.29) is 12.4 Å². The van der Waals surface area contributed by atoms with Gasteiger partial charge in [-0.3, -0.25) is 4.79 Å². The Morgan fingerprint density at radius 1 is 1.21 bits per heavy atom. The molecule has 6 nitrogen and oxygen atoms in total. The van der Waals surface area contributed by atoms with Gasteiger partial charge in [-0.15, -0.1) is 0 Å². The van der Waals surface area contributed by atoms with Crippen LogP contribution < -0.4 is 10.2 Å². The SMILES string of the molecule is Cc1nn(Cc2ccc(Cl)cc2)c(Cl)c1/C=N/NC(=O)COc1ccc(F)cc1. The lowest BCUT2D eigenvalue weighted by Crippen LogP contribution is -2.24. The Balaban J connectivity index is 1.57. The molecule has 0 aliphatic heterocycles. The monoisotopic (exact) mass is 434 g/mol. The van der Waals surface area contributed by atoms with Crippen molar-refractivity contribution in [2.24, 2.45) is 5.10 Å². The van der Waals surface area contributed by atoms with Crippen LogP contribution in [0.25, 0.3) is 0 Å². The number of ether oxygens (including phenoxy) is 1. The van der Waals surface area contributed by atoms with Crippen LogP contribution in [0.1, 0.15) is 16.8 Å². The lowest BCUT2D eigenvalue weighted by atomic mass is 10.2. The number of nitrogens with one attached hydrogen (secondary N) is 1. The number of hydrogen-bond acceptors (Lipinski definition) is 4. The highest BCUT2D eigenvalue weighted by atomic mass is 35.5. The minimum Gasteiger partial charge on any atom is -0.484 e. The molecule has 3 rings (SSSR count). The molecule has 1 amide bonds. The van der Waals surface area contributed by atoms with Gasteiger partial charge in [0.05, 0.1) is 24.0 Å². The molecule has 0 saturated heterocycles. The average Bonchev–Trinajstić information content (AvgIpc) is 2.96. The van der Waals surface area contributed by atoms with Crippen LogP contribution in [0.5, 0.6) is 5.75 Å². The lowest BCUT2D eigenvalue weighted by Gasteiger charge is -2.04. The first-order chi connectivity index (χ1) is 13.9. The van der Waals surface area contributed by atoms with Crippen molar-refractivity contribution in [2.45, 2.75) is 13.5 Å². The van der Waals surface area contributed by atoms with Gasteiger partial charge < -0.3 is 4.74 Å². The number of aryl methyl sites for hydroxylation is 1. The number of hydrogen-bond donors (Lipinski definition) is 1. The van der Waals surface area contributed by atoms with Gasteiger partial charge in [0.15, 0.2) is 6.61 Å². The molecule has 0 bridgehead atoms. The van der Waals surface area contributed by atoms with Crippen LogP contribution in [0.3, 0.4) is 0 Å². The highest BCUT2D eigenvalue weighted by molar-refractivity contribution is 6.32. The molecule has 2 aromatic carbocycles. The molecule has 0 aliphatic rings. The normalized spacial score (nSPS) is 11.0. The smallest absolute Gasteiger partial charge is 0.277 e. The molecule has 0 atom stereocenters. The van der Waals surface area contributed by atoms with E-state index in [0.717, 1.165) is 5.56 Å². The summed E-state index contributed by atoms with van der Waals surface area (Å²) in [5.74, 6) is -0.462. The molecule has 0 unspecified atom stereocenters. The van der Waals surface area contributed by atoms with Gasteiger partial charge in [0.2, 0.25) is 0 Å². The number of rotatable bonds is 7. The Labute approximate surface area is 176 Å². The predicted octanol–water partition coefficient (Wildman–Crippen LogP) is 4.21. The molecule has 0 fully saturated rings. The van der Waals surface area contributed by atoms with Gasteiger partial charge in [-0.05, 0) is 48.9 Å². The molecule has 1 N–H and O–H groups in total. The van der Waals surface area contributed by atoms with E-state index < -0.39 is 5.91 Å². The fourth-order valence-corrected chi connectivity index (χ4v) is 2.87. The summed E-state index contributed by atoms with van der Waals surface area (Å²) >= 11 is 12.3. The number of amides is 1. The van der Waals surface area contributed by atoms with Crippen molar-refractivity contribution >= 4 is 35.3 Å². The predicted molar refractivity (Wildman–Crippen MR) is 110 cm³/mol. The van der Waals surface area contributed by atoms with Crippen LogP contribution in [0.15, 0.2) is 53.6 Å². The zero-order chi connectivity index (χ0) is 20.8. The number of aromatic nitrogens is 2. The second kappa shape index (κ2) is 9.54. The molecule has 1 heterocycles. The molecule has 0 aliphatic carbocycles. The summed E-state index contributed by atoms with van der Waals surface area (Å²) in [6.45, 7) is 2.01. The maximum Gasteiger partial charge on any atom is 0.277 e. The second-order valence-corrected chi connectivity index (χ2v) is 6.90. The first kappa shape index (κ1) is 20.8. The molecule has 0 saturated carbocycles. The Bertz CT molecular complexity index is 1020.